The molecule has 2 rings (SSSR count). The summed E-state index contributed by atoms with van der Waals surface area (Å²) < 4.78 is 6.07. The molecule has 1 aromatic carbocycles. The van der Waals surface area contributed by atoms with E-state index < -0.39 is 5.97 Å². The standard InChI is InChI=1S/C13H10BrNO2S/c1-9-15-11(8-18-9)4-7-13(16)17-12-5-2-10(14)3-6-12/h2-8H,1H3/b7-4+. The molecular formula is C13H10BrNO2S. The van der Waals surface area contributed by atoms with Crippen molar-refractivity contribution >= 4 is 39.3 Å². The van der Waals surface area contributed by atoms with Crippen molar-refractivity contribution in [3.8, 4) is 5.75 Å². The van der Waals surface area contributed by atoms with Crippen LogP contribution in [0.5, 0.6) is 5.75 Å². The number of nitrogens with zero attached hydrogens (tertiary/aromatic N) is 1. The van der Waals surface area contributed by atoms with Crippen LogP contribution < -0.4 is 4.74 Å². The third-order valence-electron chi connectivity index (χ3n) is 2.06. The van der Waals surface area contributed by atoms with Gasteiger partial charge in [0.2, 0.25) is 0 Å². The van der Waals surface area contributed by atoms with Crippen molar-refractivity contribution in [3.63, 3.8) is 0 Å². The van der Waals surface area contributed by atoms with Crippen LogP contribution in [0.2, 0.25) is 0 Å². The minimum Gasteiger partial charge on any atom is -0.423 e. The summed E-state index contributed by atoms with van der Waals surface area (Å²) >= 11 is 4.86. The summed E-state index contributed by atoms with van der Waals surface area (Å²) in [5, 5.41) is 2.86. The average molecular weight is 324 g/mol. The Morgan fingerprint density at radius 1 is 1.39 bits per heavy atom. The maximum Gasteiger partial charge on any atom is 0.336 e. The zero-order valence-electron chi connectivity index (χ0n) is 9.59. The molecule has 0 saturated carbocycles. The number of rotatable bonds is 3. The average Bonchev–Trinajstić information content (AvgIpc) is 2.76. The Morgan fingerprint density at radius 2 is 2.11 bits per heavy atom. The highest BCUT2D eigenvalue weighted by Crippen LogP contribution is 2.16. The maximum absolute atomic E-state index is 11.5. The zero-order valence-corrected chi connectivity index (χ0v) is 12.0. The lowest BCUT2D eigenvalue weighted by Crippen LogP contribution is -2.03. The number of esters is 1. The Hall–Kier alpha value is -1.46. The van der Waals surface area contributed by atoms with Crippen LogP contribution in [0.25, 0.3) is 6.08 Å². The molecule has 3 nitrogen and oxygen atoms in total. The summed E-state index contributed by atoms with van der Waals surface area (Å²) in [4.78, 5) is 15.8. The molecule has 0 saturated heterocycles. The van der Waals surface area contributed by atoms with Crippen LogP contribution in [-0.2, 0) is 4.79 Å². The number of benzene rings is 1. The number of carbonyl (C=O) groups excluding carboxylic acids is 1. The molecule has 0 bridgehead atoms. The summed E-state index contributed by atoms with van der Waals surface area (Å²) in [7, 11) is 0. The van der Waals surface area contributed by atoms with Crippen LogP contribution in [0.1, 0.15) is 10.7 Å². The van der Waals surface area contributed by atoms with Gasteiger partial charge in [0.05, 0.1) is 10.7 Å². The van der Waals surface area contributed by atoms with Crippen molar-refractivity contribution in [2.45, 2.75) is 6.92 Å². The second-order valence-electron chi connectivity index (χ2n) is 3.50. The van der Waals surface area contributed by atoms with E-state index in [-0.39, 0.29) is 0 Å². The largest absolute Gasteiger partial charge is 0.423 e. The third kappa shape index (κ3) is 3.78. The molecule has 0 unspecified atom stereocenters. The minimum atomic E-state index is -0.414. The van der Waals surface area contributed by atoms with E-state index >= 15 is 0 Å². The van der Waals surface area contributed by atoms with Gasteiger partial charge >= 0.3 is 5.97 Å². The van der Waals surface area contributed by atoms with Crippen molar-refractivity contribution in [1.29, 1.82) is 0 Å². The minimum absolute atomic E-state index is 0.414. The van der Waals surface area contributed by atoms with Gasteiger partial charge in [0, 0.05) is 15.9 Å². The van der Waals surface area contributed by atoms with E-state index in [1.54, 1.807) is 29.5 Å². The fourth-order valence-corrected chi connectivity index (χ4v) is 2.11. The lowest BCUT2D eigenvalue weighted by molar-refractivity contribution is -0.128. The van der Waals surface area contributed by atoms with E-state index in [1.165, 1.54) is 6.08 Å². The number of ether oxygens (including phenoxy) is 1. The predicted octanol–water partition coefficient (Wildman–Crippen LogP) is 3.83. The second kappa shape index (κ2) is 5.93. The molecule has 5 heteroatoms. The Balaban J connectivity index is 1.96. The highest BCUT2D eigenvalue weighted by molar-refractivity contribution is 9.10. The van der Waals surface area contributed by atoms with Crippen LogP contribution in [0.3, 0.4) is 0 Å². The number of hydrogen-bond acceptors (Lipinski definition) is 4. The number of aromatic nitrogens is 1. The van der Waals surface area contributed by atoms with E-state index in [2.05, 4.69) is 20.9 Å². The number of carbonyl (C=O) groups is 1. The summed E-state index contributed by atoms with van der Waals surface area (Å²) in [6.07, 6.45) is 3.02. The van der Waals surface area contributed by atoms with Crippen LogP contribution in [0.4, 0.5) is 0 Å². The SMILES string of the molecule is Cc1nc(/C=C/C(=O)Oc2ccc(Br)cc2)cs1. The van der Waals surface area contributed by atoms with Crippen molar-refractivity contribution in [2.75, 3.05) is 0 Å². The van der Waals surface area contributed by atoms with Crippen LogP contribution in [0, 0.1) is 6.92 Å². The Bertz CT molecular complexity index is 575. The monoisotopic (exact) mass is 323 g/mol. The number of hydrogen-bond donors (Lipinski definition) is 0. The summed E-state index contributed by atoms with van der Waals surface area (Å²) in [5.41, 5.74) is 0.769. The van der Waals surface area contributed by atoms with Gasteiger partial charge < -0.3 is 4.74 Å². The first-order valence-corrected chi connectivity index (χ1v) is 6.88. The molecule has 0 radical (unpaired) electrons. The summed E-state index contributed by atoms with van der Waals surface area (Å²) in [5.74, 6) is 0.102. The fourth-order valence-electron chi connectivity index (χ4n) is 1.26. The zero-order chi connectivity index (χ0) is 13.0. The quantitative estimate of drug-likeness (QED) is 0.489. The molecule has 0 amide bonds. The van der Waals surface area contributed by atoms with Crippen LogP contribution in [0.15, 0.2) is 40.2 Å². The van der Waals surface area contributed by atoms with Gasteiger partial charge in [-0.05, 0) is 37.3 Å². The molecular weight excluding hydrogens is 314 g/mol. The molecule has 92 valence electrons. The van der Waals surface area contributed by atoms with E-state index in [1.807, 2.05) is 24.4 Å². The lowest BCUT2D eigenvalue weighted by atomic mass is 10.3. The highest BCUT2D eigenvalue weighted by atomic mass is 79.9. The van der Waals surface area contributed by atoms with Gasteiger partial charge in [-0.3, -0.25) is 0 Å². The fraction of sp³-hybridized carbons (Fsp3) is 0.0769. The molecule has 0 aliphatic rings. The molecule has 18 heavy (non-hydrogen) atoms. The molecule has 0 N–H and O–H groups in total. The Kier molecular flexibility index (Phi) is 4.28. The first kappa shape index (κ1) is 13.0. The van der Waals surface area contributed by atoms with E-state index in [4.69, 9.17) is 4.74 Å². The van der Waals surface area contributed by atoms with E-state index in [0.717, 1.165) is 15.2 Å². The number of halogens is 1. The van der Waals surface area contributed by atoms with Crippen molar-refractivity contribution in [2.24, 2.45) is 0 Å². The highest BCUT2D eigenvalue weighted by Gasteiger charge is 2.01. The smallest absolute Gasteiger partial charge is 0.336 e. The van der Waals surface area contributed by atoms with Gasteiger partial charge in [-0.25, -0.2) is 9.78 Å². The van der Waals surface area contributed by atoms with E-state index in [9.17, 15) is 4.79 Å². The predicted molar refractivity (Wildman–Crippen MR) is 75.7 cm³/mol. The topological polar surface area (TPSA) is 39.2 Å². The second-order valence-corrected chi connectivity index (χ2v) is 5.48. The molecule has 2 aromatic rings. The molecule has 0 fully saturated rings. The van der Waals surface area contributed by atoms with Crippen molar-refractivity contribution < 1.29 is 9.53 Å². The molecule has 1 aromatic heterocycles. The number of aryl methyl sites for hydroxylation is 1. The lowest BCUT2D eigenvalue weighted by Gasteiger charge is -2.00. The number of thiazole rings is 1. The Labute approximate surface area is 117 Å². The first-order valence-electron chi connectivity index (χ1n) is 5.21. The van der Waals surface area contributed by atoms with Gasteiger partial charge in [-0.2, -0.15) is 0 Å². The van der Waals surface area contributed by atoms with Gasteiger partial charge in [-0.15, -0.1) is 11.3 Å². The molecule has 1 heterocycles. The molecule has 0 aliphatic heterocycles. The van der Waals surface area contributed by atoms with Gasteiger partial charge in [0.1, 0.15) is 5.75 Å². The van der Waals surface area contributed by atoms with Crippen LogP contribution >= 0.6 is 27.3 Å². The molecule has 0 atom stereocenters. The van der Waals surface area contributed by atoms with Gasteiger partial charge in [-0.1, -0.05) is 15.9 Å². The molecule has 0 aliphatic carbocycles. The van der Waals surface area contributed by atoms with Gasteiger partial charge in [0.25, 0.3) is 0 Å². The third-order valence-corrected chi connectivity index (χ3v) is 3.38. The van der Waals surface area contributed by atoms with Gasteiger partial charge in [0.15, 0.2) is 0 Å². The van der Waals surface area contributed by atoms with Crippen LogP contribution in [-0.4, -0.2) is 11.0 Å². The van der Waals surface area contributed by atoms with Crippen molar-refractivity contribution in [1.82, 2.24) is 4.98 Å². The van der Waals surface area contributed by atoms with Crippen molar-refractivity contribution in [3.05, 3.63) is 50.9 Å². The van der Waals surface area contributed by atoms with E-state index in [0.29, 0.717) is 5.75 Å². The Morgan fingerprint density at radius 3 is 2.72 bits per heavy atom. The normalized spacial score (nSPS) is 10.8. The maximum atomic E-state index is 11.5. The summed E-state index contributed by atoms with van der Waals surface area (Å²) in [6.45, 7) is 1.92. The summed E-state index contributed by atoms with van der Waals surface area (Å²) in [6, 6.07) is 7.08. The first-order chi connectivity index (χ1) is 8.63. The molecule has 0 spiro atoms.